The number of carbonyl (C=O) groups excluding carboxylic acids is 4. The van der Waals surface area contributed by atoms with E-state index in [0.717, 1.165) is 5.56 Å². The zero-order valence-corrected chi connectivity index (χ0v) is 29.0. The van der Waals surface area contributed by atoms with Crippen LogP contribution in [0.5, 0.6) is 5.75 Å². The van der Waals surface area contributed by atoms with Crippen molar-refractivity contribution in [2.45, 2.75) is 124 Å². The highest BCUT2D eigenvalue weighted by molar-refractivity contribution is 5.94. The van der Waals surface area contributed by atoms with Crippen molar-refractivity contribution in [3.63, 3.8) is 0 Å². The van der Waals surface area contributed by atoms with Crippen molar-refractivity contribution in [2.75, 3.05) is 0 Å². The van der Waals surface area contributed by atoms with Crippen molar-refractivity contribution < 1.29 is 33.8 Å². The molecule has 10 heteroatoms. The van der Waals surface area contributed by atoms with E-state index < -0.39 is 59.2 Å². The molecule has 0 heterocycles. The number of nitrogens with one attached hydrogen (secondary N) is 2. The third kappa shape index (κ3) is 11.7. The van der Waals surface area contributed by atoms with Crippen LogP contribution >= 0.6 is 0 Å². The zero-order valence-electron chi connectivity index (χ0n) is 29.0. The van der Waals surface area contributed by atoms with Gasteiger partial charge in [0.1, 0.15) is 35.1 Å². The van der Waals surface area contributed by atoms with Gasteiger partial charge in [0, 0.05) is 12.5 Å². The van der Waals surface area contributed by atoms with Gasteiger partial charge in [-0.25, -0.2) is 9.59 Å². The maximum absolute atomic E-state index is 14.6. The number of amides is 3. The minimum Gasteiger partial charge on any atom is -0.508 e. The van der Waals surface area contributed by atoms with Crippen molar-refractivity contribution in [3.8, 4) is 5.75 Å². The second-order valence-corrected chi connectivity index (χ2v) is 13.8. The molecule has 0 fully saturated rings. The Balaban J connectivity index is 2.64. The fourth-order valence-corrected chi connectivity index (χ4v) is 4.84. The number of nitrogens with zero attached hydrogens (tertiary/aromatic N) is 1. The first-order valence-corrected chi connectivity index (χ1v) is 16.0. The number of phenolic OH excluding ortho intramolecular Hbond substituents is 1. The highest BCUT2D eigenvalue weighted by Gasteiger charge is 2.41. The third-order valence-corrected chi connectivity index (χ3v) is 7.50. The largest absolute Gasteiger partial charge is 0.508 e. The number of carbonyl (C=O) groups is 4. The number of alkyl carbamates (subject to hydrolysis) is 1. The average molecular weight is 640 g/mol. The second kappa shape index (κ2) is 16.5. The van der Waals surface area contributed by atoms with Crippen molar-refractivity contribution in [1.82, 2.24) is 15.5 Å². The normalized spacial score (nSPS) is 15.0. The average Bonchev–Trinajstić information content (AvgIpc) is 2.96. The van der Waals surface area contributed by atoms with E-state index in [0.29, 0.717) is 18.4 Å². The fraction of sp³-hybridized carbons (Fsp3) is 0.556. The summed E-state index contributed by atoms with van der Waals surface area (Å²) in [5, 5.41) is 15.7. The summed E-state index contributed by atoms with van der Waals surface area (Å²) in [5.41, 5.74) is -0.351. The van der Waals surface area contributed by atoms with E-state index in [1.165, 1.54) is 17.0 Å². The molecule has 3 N–H and O–H groups in total. The Morgan fingerprint density at radius 1 is 0.804 bits per heavy atom. The first-order valence-electron chi connectivity index (χ1n) is 16.0. The van der Waals surface area contributed by atoms with Gasteiger partial charge in [0.05, 0.1) is 0 Å². The smallest absolute Gasteiger partial charge is 0.408 e. The van der Waals surface area contributed by atoms with Gasteiger partial charge in [0.15, 0.2) is 0 Å². The van der Waals surface area contributed by atoms with E-state index in [4.69, 9.17) is 9.47 Å². The summed E-state index contributed by atoms with van der Waals surface area (Å²) in [5.74, 6) is -2.00. The van der Waals surface area contributed by atoms with Gasteiger partial charge in [-0.15, -0.1) is 0 Å². The molecule has 5 unspecified atom stereocenters. The molecule has 0 aliphatic heterocycles. The van der Waals surface area contributed by atoms with Gasteiger partial charge in [-0.1, -0.05) is 69.7 Å². The summed E-state index contributed by atoms with van der Waals surface area (Å²) in [6.45, 7) is 18.0. The molecular formula is C36H53N3O7. The van der Waals surface area contributed by atoms with Gasteiger partial charge in [-0.2, -0.15) is 0 Å². The molecule has 0 aliphatic rings. The van der Waals surface area contributed by atoms with Crippen LogP contribution in [0.25, 0.3) is 0 Å². The predicted octanol–water partition coefficient (Wildman–Crippen LogP) is 6.07. The molecule has 2 aromatic rings. The first-order chi connectivity index (χ1) is 21.4. The van der Waals surface area contributed by atoms with Crippen LogP contribution in [0.4, 0.5) is 4.79 Å². The SMILES string of the molecule is CCC(C)C(NC(=O)OC(C)(C)C)C(=O)N(C(C)CC)C(C(=O)NC(Cc1ccccc1)C(=O)OC(C)(C)C)c1ccc(O)cc1. The van der Waals surface area contributed by atoms with Crippen molar-refractivity contribution in [1.29, 1.82) is 0 Å². The summed E-state index contributed by atoms with van der Waals surface area (Å²) < 4.78 is 11.2. The molecule has 46 heavy (non-hydrogen) atoms. The van der Waals surface area contributed by atoms with Crippen molar-refractivity contribution in [2.24, 2.45) is 5.92 Å². The maximum Gasteiger partial charge on any atom is 0.408 e. The summed E-state index contributed by atoms with van der Waals surface area (Å²) >= 11 is 0. The second-order valence-electron chi connectivity index (χ2n) is 13.8. The fourth-order valence-electron chi connectivity index (χ4n) is 4.84. The molecule has 0 saturated heterocycles. The van der Waals surface area contributed by atoms with E-state index in [-0.39, 0.29) is 18.1 Å². The third-order valence-electron chi connectivity index (χ3n) is 7.50. The summed E-state index contributed by atoms with van der Waals surface area (Å²) in [7, 11) is 0. The molecule has 0 spiro atoms. The maximum atomic E-state index is 14.6. The van der Waals surface area contributed by atoms with E-state index in [1.807, 2.05) is 58.0 Å². The number of rotatable bonds is 13. The molecule has 0 radical (unpaired) electrons. The van der Waals surface area contributed by atoms with Crippen LogP contribution in [-0.4, -0.2) is 63.2 Å². The number of hydrogen-bond donors (Lipinski definition) is 3. The molecule has 0 aromatic heterocycles. The van der Waals surface area contributed by atoms with Gasteiger partial charge in [-0.05, 0) is 84.1 Å². The van der Waals surface area contributed by atoms with E-state index in [9.17, 15) is 24.3 Å². The van der Waals surface area contributed by atoms with Gasteiger partial charge in [-0.3, -0.25) is 9.59 Å². The number of hydrogen-bond acceptors (Lipinski definition) is 7. The van der Waals surface area contributed by atoms with E-state index >= 15 is 0 Å². The van der Waals surface area contributed by atoms with E-state index in [1.54, 1.807) is 53.7 Å². The molecular weight excluding hydrogens is 586 g/mol. The molecule has 5 atom stereocenters. The van der Waals surface area contributed by atoms with Gasteiger partial charge in [0.25, 0.3) is 0 Å². The Hall–Kier alpha value is -4.08. The molecule has 3 amide bonds. The highest BCUT2D eigenvalue weighted by atomic mass is 16.6. The Morgan fingerprint density at radius 3 is 1.87 bits per heavy atom. The molecule has 10 nitrogen and oxygen atoms in total. The lowest BCUT2D eigenvalue weighted by Gasteiger charge is -2.39. The number of esters is 1. The van der Waals surface area contributed by atoms with Crippen LogP contribution in [0.3, 0.4) is 0 Å². The van der Waals surface area contributed by atoms with Crippen LogP contribution in [0.1, 0.15) is 99.2 Å². The molecule has 0 aliphatic carbocycles. The Kier molecular flexibility index (Phi) is 13.6. The first kappa shape index (κ1) is 38.1. The Labute approximate surface area is 274 Å². The Morgan fingerprint density at radius 2 is 1.37 bits per heavy atom. The van der Waals surface area contributed by atoms with Crippen molar-refractivity contribution >= 4 is 23.9 Å². The predicted molar refractivity (Wildman–Crippen MR) is 178 cm³/mol. The number of phenols is 1. The topological polar surface area (TPSA) is 134 Å². The lowest BCUT2D eigenvalue weighted by atomic mass is 9.94. The van der Waals surface area contributed by atoms with Crippen LogP contribution in [0, 0.1) is 5.92 Å². The minimum absolute atomic E-state index is 0.0101. The summed E-state index contributed by atoms with van der Waals surface area (Å²) in [6.07, 6.45) is 0.478. The number of benzene rings is 2. The minimum atomic E-state index is -1.21. The molecule has 0 saturated carbocycles. The molecule has 0 bridgehead atoms. The van der Waals surface area contributed by atoms with Crippen LogP contribution in [0.15, 0.2) is 54.6 Å². The monoisotopic (exact) mass is 639 g/mol. The molecule has 254 valence electrons. The molecule has 2 aromatic carbocycles. The quantitative estimate of drug-likeness (QED) is 0.227. The standard InChI is InChI=1S/C36H53N3O7/c1-11-23(3)29(38-34(44)46-36(8,9)10)32(42)39(24(4)12-2)30(26-18-20-27(40)21-19-26)31(41)37-28(33(43)45-35(5,6)7)22-25-16-14-13-15-17-25/h13-21,23-24,28-30,40H,11-12,22H2,1-10H3,(H,37,41)(H,38,44). The lowest BCUT2D eigenvalue weighted by Crippen LogP contribution is -2.58. The van der Waals surface area contributed by atoms with E-state index in [2.05, 4.69) is 10.6 Å². The van der Waals surface area contributed by atoms with Crippen molar-refractivity contribution in [3.05, 3.63) is 65.7 Å². The van der Waals surface area contributed by atoms with Gasteiger partial charge < -0.3 is 30.1 Å². The zero-order chi connectivity index (χ0) is 34.8. The van der Waals surface area contributed by atoms with Crippen LogP contribution in [0.2, 0.25) is 0 Å². The van der Waals surface area contributed by atoms with Gasteiger partial charge in [0.2, 0.25) is 11.8 Å². The lowest BCUT2D eigenvalue weighted by molar-refractivity contribution is -0.159. The summed E-state index contributed by atoms with van der Waals surface area (Å²) in [6, 6.07) is 11.5. The van der Waals surface area contributed by atoms with Gasteiger partial charge >= 0.3 is 12.1 Å². The van der Waals surface area contributed by atoms with Crippen LogP contribution < -0.4 is 10.6 Å². The highest BCUT2D eigenvalue weighted by Crippen LogP contribution is 2.29. The number of aromatic hydroxyl groups is 1. The number of ether oxygens (including phenoxy) is 2. The molecule has 2 rings (SSSR count). The summed E-state index contributed by atoms with van der Waals surface area (Å²) in [4.78, 5) is 56.8. The van der Waals surface area contributed by atoms with Crippen LogP contribution in [-0.2, 0) is 30.3 Å². The Bertz CT molecular complexity index is 1300.